The molecule has 0 aliphatic heterocycles. The zero-order valence-corrected chi connectivity index (χ0v) is 15.6. The van der Waals surface area contributed by atoms with Crippen molar-refractivity contribution in [1.29, 1.82) is 0 Å². The first kappa shape index (κ1) is 17.9. The van der Waals surface area contributed by atoms with E-state index in [4.69, 9.17) is 0 Å². The van der Waals surface area contributed by atoms with Crippen LogP contribution in [0.25, 0.3) is 15.9 Å². The molecule has 4 rings (SSSR count). The van der Waals surface area contributed by atoms with Crippen LogP contribution in [0.4, 0.5) is 4.39 Å². The number of hydrogen-bond donors (Lipinski definition) is 2. The van der Waals surface area contributed by atoms with Crippen molar-refractivity contribution >= 4 is 33.4 Å². The molecular weight excluding hydrogens is 379 g/mol. The van der Waals surface area contributed by atoms with Crippen molar-refractivity contribution in [2.24, 2.45) is 0 Å². The molecule has 0 radical (unpaired) electrons. The largest absolute Gasteiger partial charge is 0.279 e. The van der Waals surface area contributed by atoms with Gasteiger partial charge in [-0.2, -0.15) is 5.10 Å². The molecule has 2 heterocycles. The second-order valence-corrected chi connectivity index (χ2v) is 7.11. The molecule has 0 spiro atoms. The second kappa shape index (κ2) is 7.24. The van der Waals surface area contributed by atoms with Crippen LogP contribution in [0.1, 0.15) is 25.7 Å². The predicted octanol–water partition coefficient (Wildman–Crippen LogP) is 3.61. The van der Waals surface area contributed by atoms with Crippen molar-refractivity contribution < 1.29 is 14.0 Å². The fourth-order valence-corrected chi connectivity index (χ4v) is 3.83. The summed E-state index contributed by atoms with van der Waals surface area (Å²) in [7, 11) is 0. The Labute approximate surface area is 163 Å². The fourth-order valence-electron chi connectivity index (χ4n) is 2.75. The smallest absolute Gasteiger partial charge is 0.267 e. The third kappa shape index (κ3) is 3.37. The lowest BCUT2D eigenvalue weighted by Gasteiger charge is -2.06. The number of nitrogens with one attached hydrogen (secondary N) is 2. The van der Waals surface area contributed by atoms with E-state index < -0.39 is 11.8 Å². The van der Waals surface area contributed by atoms with E-state index in [-0.39, 0.29) is 5.82 Å². The van der Waals surface area contributed by atoms with Crippen molar-refractivity contribution in [3.05, 3.63) is 82.6 Å². The van der Waals surface area contributed by atoms with Crippen LogP contribution in [-0.2, 0) is 0 Å². The normalized spacial score (nSPS) is 10.8. The first-order valence-corrected chi connectivity index (χ1v) is 9.25. The summed E-state index contributed by atoms with van der Waals surface area (Å²) in [5.41, 5.74) is 6.73. The van der Waals surface area contributed by atoms with E-state index in [0.29, 0.717) is 16.1 Å². The molecule has 0 saturated heterocycles. The Morgan fingerprint density at radius 3 is 2.39 bits per heavy atom. The van der Waals surface area contributed by atoms with Crippen LogP contribution in [-0.4, -0.2) is 21.6 Å². The SMILES string of the molecule is Cc1nn(-c2ccc(F)cc2)c2sc(C(=O)NNC(=O)c3ccccc3)cc12. The highest BCUT2D eigenvalue weighted by Gasteiger charge is 2.18. The molecule has 4 aromatic rings. The highest BCUT2D eigenvalue weighted by Crippen LogP contribution is 2.30. The number of aromatic nitrogens is 2. The number of fused-ring (bicyclic) bond motifs is 1. The lowest BCUT2D eigenvalue weighted by Crippen LogP contribution is -2.41. The number of aryl methyl sites for hydroxylation is 1. The molecule has 28 heavy (non-hydrogen) atoms. The molecule has 8 heteroatoms. The number of halogens is 1. The summed E-state index contributed by atoms with van der Waals surface area (Å²) in [4.78, 5) is 25.7. The van der Waals surface area contributed by atoms with Gasteiger partial charge in [0.05, 0.1) is 16.3 Å². The van der Waals surface area contributed by atoms with Crippen molar-refractivity contribution in [2.75, 3.05) is 0 Å². The van der Waals surface area contributed by atoms with Gasteiger partial charge in [-0.05, 0) is 49.4 Å². The van der Waals surface area contributed by atoms with E-state index in [2.05, 4.69) is 16.0 Å². The highest BCUT2D eigenvalue weighted by molar-refractivity contribution is 7.20. The fraction of sp³-hybridized carbons (Fsp3) is 0.0500. The minimum absolute atomic E-state index is 0.329. The molecule has 0 bridgehead atoms. The van der Waals surface area contributed by atoms with Gasteiger partial charge >= 0.3 is 0 Å². The van der Waals surface area contributed by atoms with E-state index in [1.165, 1.54) is 23.5 Å². The monoisotopic (exact) mass is 394 g/mol. The second-order valence-electron chi connectivity index (χ2n) is 6.08. The van der Waals surface area contributed by atoms with Crippen molar-refractivity contribution in [3.8, 4) is 5.69 Å². The molecule has 0 fully saturated rings. The number of hydrazine groups is 1. The molecule has 2 amide bonds. The third-order valence-corrected chi connectivity index (χ3v) is 5.27. The molecule has 0 saturated carbocycles. The molecule has 2 aromatic heterocycles. The van der Waals surface area contributed by atoms with Crippen LogP contribution in [0.2, 0.25) is 0 Å². The molecule has 0 unspecified atom stereocenters. The molecule has 0 atom stereocenters. The molecule has 0 aliphatic carbocycles. The molecule has 140 valence electrons. The van der Waals surface area contributed by atoms with E-state index in [9.17, 15) is 14.0 Å². The van der Waals surface area contributed by atoms with E-state index in [0.717, 1.165) is 15.9 Å². The maximum atomic E-state index is 13.2. The maximum absolute atomic E-state index is 13.2. The Morgan fingerprint density at radius 2 is 1.68 bits per heavy atom. The number of rotatable bonds is 3. The molecule has 6 nitrogen and oxygen atoms in total. The zero-order chi connectivity index (χ0) is 19.7. The van der Waals surface area contributed by atoms with Crippen molar-refractivity contribution in [1.82, 2.24) is 20.6 Å². The minimum atomic E-state index is -0.421. The van der Waals surface area contributed by atoms with E-state index in [1.807, 2.05) is 6.92 Å². The van der Waals surface area contributed by atoms with Crippen LogP contribution >= 0.6 is 11.3 Å². The van der Waals surface area contributed by atoms with Crippen LogP contribution in [0.5, 0.6) is 0 Å². The van der Waals surface area contributed by atoms with Gasteiger partial charge in [0.2, 0.25) is 0 Å². The quantitative estimate of drug-likeness (QED) is 0.521. The number of nitrogens with zero attached hydrogens (tertiary/aromatic N) is 2. The van der Waals surface area contributed by atoms with Crippen LogP contribution in [0.3, 0.4) is 0 Å². The van der Waals surface area contributed by atoms with Gasteiger partial charge in [0.15, 0.2) is 0 Å². The topological polar surface area (TPSA) is 76.0 Å². The summed E-state index contributed by atoms with van der Waals surface area (Å²) in [6, 6.07) is 16.3. The van der Waals surface area contributed by atoms with Gasteiger partial charge < -0.3 is 0 Å². The number of hydrogen-bond acceptors (Lipinski definition) is 4. The molecule has 2 aromatic carbocycles. The summed E-state index contributed by atoms with van der Waals surface area (Å²) in [5.74, 6) is -1.15. The Bertz CT molecular complexity index is 1170. The molecule has 0 aliphatic rings. The summed E-state index contributed by atoms with van der Waals surface area (Å²) >= 11 is 1.24. The van der Waals surface area contributed by atoms with Crippen LogP contribution in [0, 0.1) is 12.7 Å². The Kier molecular flexibility index (Phi) is 4.62. The number of benzene rings is 2. The maximum Gasteiger partial charge on any atom is 0.279 e. The summed E-state index contributed by atoms with van der Waals surface area (Å²) in [5, 5.41) is 5.29. The van der Waals surface area contributed by atoms with Gasteiger partial charge in [0, 0.05) is 10.9 Å². The van der Waals surface area contributed by atoms with E-state index in [1.54, 1.807) is 53.2 Å². The number of carbonyl (C=O) groups excluding carboxylic acids is 2. The zero-order valence-electron chi connectivity index (χ0n) is 14.8. The molecule has 2 N–H and O–H groups in total. The average Bonchev–Trinajstić information content (AvgIpc) is 3.28. The third-order valence-electron chi connectivity index (χ3n) is 4.17. The Hall–Kier alpha value is -3.52. The van der Waals surface area contributed by atoms with E-state index >= 15 is 0 Å². The van der Waals surface area contributed by atoms with Crippen LogP contribution < -0.4 is 10.9 Å². The first-order chi connectivity index (χ1) is 13.5. The summed E-state index contributed by atoms with van der Waals surface area (Å²) in [6.07, 6.45) is 0. The number of amides is 2. The van der Waals surface area contributed by atoms with Gasteiger partial charge in [-0.3, -0.25) is 20.4 Å². The highest BCUT2D eigenvalue weighted by atomic mass is 32.1. The average molecular weight is 394 g/mol. The Morgan fingerprint density at radius 1 is 1.00 bits per heavy atom. The van der Waals surface area contributed by atoms with Crippen molar-refractivity contribution in [2.45, 2.75) is 6.92 Å². The van der Waals surface area contributed by atoms with Gasteiger partial charge in [0.25, 0.3) is 11.8 Å². The first-order valence-electron chi connectivity index (χ1n) is 8.44. The lowest BCUT2D eigenvalue weighted by atomic mass is 10.2. The number of thiophene rings is 1. The predicted molar refractivity (Wildman–Crippen MR) is 105 cm³/mol. The minimum Gasteiger partial charge on any atom is -0.267 e. The van der Waals surface area contributed by atoms with Crippen LogP contribution in [0.15, 0.2) is 60.7 Å². The van der Waals surface area contributed by atoms with Gasteiger partial charge in [0.1, 0.15) is 10.6 Å². The number of carbonyl (C=O) groups is 2. The standard InChI is InChI=1S/C20H15FN4O2S/c1-12-16-11-17(19(27)23-22-18(26)13-5-3-2-4-6-13)28-20(16)25(24-12)15-9-7-14(21)8-10-15/h2-11H,1H3,(H,22,26)(H,23,27). The van der Waals surface area contributed by atoms with Gasteiger partial charge in [-0.1, -0.05) is 18.2 Å². The summed E-state index contributed by atoms with van der Waals surface area (Å²) in [6.45, 7) is 1.84. The van der Waals surface area contributed by atoms with Crippen molar-refractivity contribution in [3.63, 3.8) is 0 Å². The lowest BCUT2D eigenvalue weighted by molar-refractivity contribution is 0.0849. The summed E-state index contributed by atoms with van der Waals surface area (Å²) < 4.78 is 14.9. The van der Waals surface area contributed by atoms with Gasteiger partial charge in [-0.25, -0.2) is 9.07 Å². The van der Waals surface area contributed by atoms with Gasteiger partial charge in [-0.15, -0.1) is 11.3 Å². The Balaban J connectivity index is 1.56. The molecular formula is C20H15FN4O2S.